The van der Waals surface area contributed by atoms with E-state index >= 15 is 0 Å². The standard InChI is InChI=1S/C18H19N3O2S/c1-18(2,3)19-15(22)11-21-17(23)13-8-5-4-7-12(13)16(20-21)14-9-6-10-24-14/h4-10H,11H2,1-3H3,(H,19,22). The average molecular weight is 341 g/mol. The number of carbonyl (C=O) groups is 1. The molecule has 5 nitrogen and oxygen atoms in total. The summed E-state index contributed by atoms with van der Waals surface area (Å²) in [7, 11) is 0. The van der Waals surface area contributed by atoms with Gasteiger partial charge in [-0.25, -0.2) is 4.68 Å². The second-order valence-corrected chi connectivity index (χ2v) is 7.58. The number of hydrogen-bond acceptors (Lipinski definition) is 4. The van der Waals surface area contributed by atoms with E-state index in [0.717, 1.165) is 16.0 Å². The van der Waals surface area contributed by atoms with Gasteiger partial charge in [0.05, 0.1) is 10.3 Å². The zero-order chi connectivity index (χ0) is 17.3. The molecular formula is C18H19N3O2S. The molecule has 0 atom stereocenters. The topological polar surface area (TPSA) is 64.0 Å². The van der Waals surface area contributed by atoms with E-state index in [4.69, 9.17) is 0 Å². The molecule has 1 aromatic carbocycles. The van der Waals surface area contributed by atoms with E-state index in [1.54, 1.807) is 17.4 Å². The summed E-state index contributed by atoms with van der Waals surface area (Å²) >= 11 is 1.56. The van der Waals surface area contributed by atoms with Crippen LogP contribution in [0.1, 0.15) is 20.8 Å². The normalized spacial score (nSPS) is 11.6. The predicted molar refractivity (Wildman–Crippen MR) is 97.2 cm³/mol. The molecular weight excluding hydrogens is 322 g/mol. The van der Waals surface area contributed by atoms with Crippen LogP contribution in [0.3, 0.4) is 0 Å². The lowest BCUT2D eigenvalue weighted by atomic mass is 10.1. The Kier molecular flexibility index (Phi) is 4.24. The van der Waals surface area contributed by atoms with Crippen molar-refractivity contribution in [3.05, 3.63) is 52.1 Å². The number of thiophene rings is 1. The van der Waals surface area contributed by atoms with Crippen LogP contribution in [0.2, 0.25) is 0 Å². The minimum absolute atomic E-state index is 0.0979. The molecule has 1 N–H and O–H groups in total. The summed E-state index contributed by atoms with van der Waals surface area (Å²) < 4.78 is 1.25. The van der Waals surface area contributed by atoms with Crippen LogP contribution in [0.5, 0.6) is 0 Å². The van der Waals surface area contributed by atoms with Gasteiger partial charge in [0.25, 0.3) is 5.56 Å². The van der Waals surface area contributed by atoms with Gasteiger partial charge in [-0.15, -0.1) is 11.3 Å². The fourth-order valence-electron chi connectivity index (χ4n) is 2.53. The van der Waals surface area contributed by atoms with E-state index in [1.807, 2.05) is 56.5 Å². The highest BCUT2D eigenvalue weighted by Gasteiger charge is 2.17. The van der Waals surface area contributed by atoms with E-state index in [1.165, 1.54) is 4.68 Å². The number of carbonyl (C=O) groups excluding carboxylic acids is 1. The molecule has 0 bridgehead atoms. The maximum absolute atomic E-state index is 12.7. The molecule has 3 rings (SSSR count). The first-order chi connectivity index (χ1) is 11.3. The van der Waals surface area contributed by atoms with E-state index < -0.39 is 0 Å². The van der Waals surface area contributed by atoms with Gasteiger partial charge < -0.3 is 5.32 Å². The summed E-state index contributed by atoms with van der Waals surface area (Å²) in [4.78, 5) is 25.8. The van der Waals surface area contributed by atoms with Crippen molar-refractivity contribution in [2.45, 2.75) is 32.9 Å². The van der Waals surface area contributed by atoms with Crippen LogP contribution in [0, 0.1) is 0 Å². The smallest absolute Gasteiger partial charge is 0.275 e. The van der Waals surface area contributed by atoms with Crippen molar-refractivity contribution in [3.63, 3.8) is 0 Å². The molecule has 0 saturated heterocycles. The van der Waals surface area contributed by atoms with Crippen LogP contribution in [0.25, 0.3) is 21.3 Å². The molecule has 1 amide bonds. The van der Waals surface area contributed by atoms with Gasteiger partial charge in [0.2, 0.25) is 5.91 Å². The molecule has 3 aromatic rings. The monoisotopic (exact) mass is 341 g/mol. The number of rotatable bonds is 3. The van der Waals surface area contributed by atoms with Gasteiger partial charge in [-0.1, -0.05) is 24.3 Å². The van der Waals surface area contributed by atoms with Crippen LogP contribution in [0.15, 0.2) is 46.6 Å². The summed E-state index contributed by atoms with van der Waals surface area (Å²) in [6, 6.07) is 11.3. The third kappa shape index (κ3) is 3.38. The number of fused-ring (bicyclic) bond motifs is 1. The zero-order valence-corrected chi connectivity index (χ0v) is 14.7. The molecule has 0 fully saturated rings. The summed E-state index contributed by atoms with van der Waals surface area (Å²) in [6.07, 6.45) is 0. The highest BCUT2D eigenvalue weighted by atomic mass is 32.1. The molecule has 0 unspecified atom stereocenters. The third-order valence-electron chi connectivity index (χ3n) is 3.43. The van der Waals surface area contributed by atoms with Crippen molar-refractivity contribution in [2.24, 2.45) is 0 Å². The molecule has 0 saturated carbocycles. The van der Waals surface area contributed by atoms with E-state index in [2.05, 4.69) is 10.4 Å². The van der Waals surface area contributed by atoms with Crippen LogP contribution in [0.4, 0.5) is 0 Å². The van der Waals surface area contributed by atoms with Crippen LogP contribution in [-0.4, -0.2) is 21.2 Å². The van der Waals surface area contributed by atoms with Crippen LogP contribution in [-0.2, 0) is 11.3 Å². The van der Waals surface area contributed by atoms with Gasteiger partial charge in [0, 0.05) is 10.9 Å². The molecule has 0 aliphatic rings. The Bertz CT molecular complexity index is 937. The summed E-state index contributed by atoms with van der Waals surface area (Å²) in [5, 5.41) is 10.7. The van der Waals surface area contributed by atoms with Crippen molar-refractivity contribution in [3.8, 4) is 10.6 Å². The molecule has 0 aliphatic heterocycles. The lowest BCUT2D eigenvalue weighted by molar-refractivity contribution is -0.123. The number of nitrogens with one attached hydrogen (secondary N) is 1. The molecule has 6 heteroatoms. The minimum Gasteiger partial charge on any atom is -0.350 e. The molecule has 0 spiro atoms. The lowest BCUT2D eigenvalue weighted by Gasteiger charge is -2.20. The second kappa shape index (κ2) is 6.20. The summed E-state index contributed by atoms with van der Waals surface area (Å²) in [5.41, 5.74) is 0.118. The predicted octanol–water partition coefficient (Wildman–Crippen LogP) is 3.04. The van der Waals surface area contributed by atoms with E-state index in [-0.39, 0.29) is 23.6 Å². The van der Waals surface area contributed by atoms with Crippen molar-refractivity contribution in [2.75, 3.05) is 0 Å². The van der Waals surface area contributed by atoms with Gasteiger partial charge in [-0.2, -0.15) is 5.10 Å². The van der Waals surface area contributed by atoms with Gasteiger partial charge in [-0.05, 0) is 38.3 Å². The van der Waals surface area contributed by atoms with Crippen molar-refractivity contribution in [1.82, 2.24) is 15.1 Å². The Morgan fingerprint density at radius 2 is 1.88 bits per heavy atom. The maximum Gasteiger partial charge on any atom is 0.275 e. The molecule has 0 aliphatic carbocycles. The number of benzene rings is 1. The Morgan fingerprint density at radius 3 is 2.50 bits per heavy atom. The average Bonchev–Trinajstić information content (AvgIpc) is 3.02. The number of amides is 1. The SMILES string of the molecule is CC(C)(C)NC(=O)Cn1nc(-c2cccs2)c2ccccc2c1=O. The van der Waals surface area contributed by atoms with Crippen molar-refractivity contribution >= 4 is 28.0 Å². The quantitative estimate of drug-likeness (QED) is 0.796. The second-order valence-electron chi connectivity index (χ2n) is 6.63. The third-order valence-corrected chi connectivity index (χ3v) is 4.31. The summed E-state index contributed by atoms with van der Waals surface area (Å²) in [5.74, 6) is -0.232. The Hall–Kier alpha value is -2.47. The largest absolute Gasteiger partial charge is 0.350 e. The Labute approximate surface area is 143 Å². The first-order valence-electron chi connectivity index (χ1n) is 7.70. The summed E-state index contributed by atoms with van der Waals surface area (Å²) in [6.45, 7) is 5.61. The van der Waals surface area contributed by atoms with Crippen LogP contribution < -0.4 is 10.9 Å². The molecule has 0 radical (unpaired) electrons. The Balaban J connectivity index is 2.11. The van der Waals surface area contributed by atoms with Gasteiger partial charge >= 0.3 is 0 Å². The Morgan fingerprint density at radius 1 is 1.17 bits per heavy atom. The van der Waals surface area contributed by atoms with Crippen molar-refractivity contribution < 1.29 is 4.79 Å². The van der Waals surface area contributed by atoms with E-state index in [9.17, 15) is 9.59 Å². The maximum atomic E-state index is 12.7. The molecule has 24 heavy (non-hydrogen) atoms. The molecule has 2 aromatic heterocycles. The molecule has 2 heterocycles. The fraction of sp³-hybridized carbons (Fsp3) is 0.278. The first-order valence-corrected chi connectivity index (χ1v) is 8.58. The molecule has 124 valence electrons. The van der Waals surface area contributed by atoms with E-state index in [0.29, 0.717) is 5.39 Å². The number of aromatic nitrogens is 2. The van der Waals surface area contributed by atoms with Crippen LogP contribution >= 0.6 is 11.3 Å². The fourth-order valence-corrected chi connectivity index (χ4v) is 3.25. The zero-order valence-electron chi connectivity index (χ0n) is 13.9. The lowest BCUT2D eigenvalue weighted by Crippen LogP contribution is -2.43. The number of hydrogen-bond donors (Lipinski definition) is 1. The van der Waals surface area contributed by atoms with Gasteiger partial charge in [-0.3, -0.25) is 9.59 Å². The van der Waals surface area contributed by atoms with Gasteiger partial charge in [0.15, 0.2) is 0 Å². The number of nitrogens with zero attached hydrogens (tertiary/aromatic N) is 2. The highest BCUT2D eigenvalue weighted by Crippen LogP contribution is 2.28. The highest BCUT2D eigenvalue weighted by molar-refractivity contribution is 7.13. The van der Waals surface area contributed by atoms with Crippen molar-refractivity contribution in [1.29, 1.82) is 0 Å². The first kappa shape index (κ1) is 16.4. The van der Waals surface area contributed by atoms with Gasteiger partial charge in [0.1, 0.15) is 12.2 Å². The minimum atomic E-state index is -0.353.